The summed E-state index contributed by atoms with van der Waals surface area (Å²) in [7, 11) is 1.56. The summed E-state index contributed by atoms with van der Waals surface area (Å²) in [5, 5.41) is 21.8. The summed E-state index contributed by atoms with van der Waals surface area (Å²) in [6, 6.07) is 14.8. The fourth-order valence-corrected chi connectivity index (χ4v) is 2.79. The Balaban J connectivity index is 1.77. The van der Waals surface area contributed by atoms with Crippen LogP contribution in [0.5, 0.6) is 11.6 Å². The lowest BCUT2D eigenvalue weighted by atomic mass is 10.2. The van der Waals surface area contributed by atoms with Crippen molar-refractivity contribution in [3.8, 4) is 11.6 Å². The first-order valence-electron chi connectivity index (χ1n) is 8.27. The number of hydrogen-bond donors (Lipinski definition) is 2. The smallest absolute Gasteiger partial charge is 0.283 e. The molecule has 0 spiro atoms. The van der Waals surface area contributed by atoms with E-state index < -0.39 is 5.91 Å². The number of nitrogens with one attached hydrogen (secondary N) is 1. The van der Waals surface area contributed by atoms with Crippen molar-refractivity contribution in [3.05, 3.63) is 48.5 Å². The molecule has 0 aliphatic heterocycles. The third kappa shape index (κ3) is 3.37. The van der Waals surface area contributed by atoms with E-state index in [1.165, 1.54) is 0 Å². The molecule has 0 aliphatic carbocycles. The molecule has 3 rings (SSSR count). The summed E-state index contributed by atoms with van der Waals surface area (Å²) in [6.45, 7) is 2.48. The maximum atomic E-state index is 12.1. The van der Waals surface area contributed by atoms with Gasteiger partial charge in [0.25, 0.3) is 5.91 Å². The highest BCUT2D eigenvalue weighted by atomic mass is 16.5. The molecule has 1 aromatic heterocycles. The third-order valence-electron chi connectivity index (χ3n) is 4.03. The van der Waals surface area contributed by atoms with Gasteiger partial charge in [0.15, 0.2) is 5.69 Å². The van der Waals surface area contributed by atoms with E-state index in [4.69, 9.17) is 4.74 Å². The van der Waals surface area contributed by atoms with Gasteiger partial charge in [0, 0.05) is 11.9 Å². The van der Waals surface area contributed by atoms with Crippen LogP contribution in [0.15, 0.2) is 58.8 Å². The number of amides is 1. The summed E-state index contributed by atoms with van der Waals surface area (Å²) < 4.78 is 6.95. The summed E-state index contributed by atoms with van der Waals surface area (Å²) >= 11 is 0. The predicted molar refractivity (Wildman–Crippen MR) is 100 cm³/mol. The van der Waals surface area contributed by atoms with Crippen molar-refractivity contribution in [3.63, 3.8) is 0 Å². The number of fused-ring (bicyclic) bond motifs is 1. The second-order valence-corrected chi connectivity index (χ2v) is 5.58. The molecule has 0 bridgehead atoms. The highest BCUT2D eigenvalue weighted by Gasteiger charge is 2.15. The van der Waals surface area contributed by atoms with Crippen LogP contribution in [0.4, 0.5) is 11.4 Å². The first kappa shape index (κ1) is 17.5. The number of para-hydroxylation sites is 3. The largest absolute Gasteiger partial charge is 0.495 e. The van der Waals surface area contributed by atoms with Gasteiger partial charge >= 0.3 is 0 Å². The van der Waals surface area contributed by atoms with Crippen LogP contribution in [0.3, 0.4) is 0 Å². The Morgan fingerprint density at radius 3 is 2.69 bits per heavy atom. The van der Waals surface area contributed by atoms with Crippen LogP contribution in [0.25, 0.3) is 10.9 Å². The van der Waals surface area contributed by atoms with Crippen molar-refractivity contribution < 1.29 is 14.6 Å². The molecule has 0 atom stereocenters. The Kier molecular flexibility index (Phi) is 5.17. The lowest BCUT2D eigenvalue weighted by Gasteiger charge is -2.08. The maximum absolute atomic E-state index is 12.1. The average Bonchev–Trinajstić information content (AvgIpc) is 2.95. The minimum absolute atomic E-state index is 0.00272. The molecule has 2 N–H and O–H groups in total. The first-order valence-corrected chi connectivity index (χ1v) is 8.27. The summed E-state index contributed by atoms with van der Waals surface area (Å²) in [6.07, 6.45) is 0. The zero-order valence-electron chi connectivity index (χ0n) is 14.6. The molecule has 0 fully saturated rings. The lowest BCUT2D eigenvalue weighted by molar-refractivity contribution is -0.116. The number of carbonyl (C=O) groups is 1. The molecule has 7 heteroatoms. The molecule has 1 heterocycles. The minimum Gasteiger partial charge on any atom is -0.495 e. The fourth-order valence-electron chi connectivity index (χ4n) is 2.79. The van der Waals surface area contributed by atoms with E-state index in [0.717, 1.165) is 10.9 Å². The van der Waals surface area contributed by atoms with Crippen LogP contribution in [-0.2, 0) is 11.3 Å². The molecule has 0 aliphatic rings. The van der Waals surface area contributed by atoms with Gasteiger partial charge < -0.3 is 19.7 Å². The number of azo groups is 1. The van der Waals surface area contributed by atoms with Crippen molar-refractivity contribution in [2.24, 2.45) is 10.2 Å². The number of methoxy groups -OCH3 is 1. The fraction of sp³-hybridized carbons (Fsp3) is 0.211. The lowest BCUT2D eigenvalue weighted by Crippen LogP contribution is -2.11. The normalized spacial score (nSPS) is 11.2. The van der Waals surface area contributed by atoms with Crippen LogP contribution >= 0.6 is 0 Å². The summed E-state index contributed by atoms with van der Waals surface area (Å²) in [5.41, 5.74) is 1.85. The van der Waals surface area contributed by atoms with E-state index >= 15 is 0 Å². The monoisotopic (exact) mass is 352 g/mol. The molecule has 0 saturated heterocycles. The topological polar surface area (TPSA) is 88.2 Å². The Labute approximate surface area is 150 Å². The van der Waals surface area contributed by atoms with Gasteiger partial charge in [-0.3, -0.25) is 4.79 Å². The number of rotatable bonds is 6. The molecular formula is C19H20N4O3. The van der Waals surface area contributed by atoms with Gasteiger partial charge in [0.2, 0.25) is 5.88 Å². The molecule has 3 aromatic rings. The molecule has 26 heavy (non-hydrogen) atoms. The maximum Gasteiger partial charge on any atom is 0.283 e. The quantitative estimate of drug-likeness (QED) is 0.654. The van der Waals surface area contributed by atoms with E-state index in [-0.39, 0.29) is 12.4 Å². The first-order chi connectivity index (χ1) is 12.7. The van der Waals surface area contributed by atoms with Gasteiger partial charge in [-0.2, -0.15) is 0 Å². The average molecular weight is 352 g/mol. The number of aromatic hydroxyl groups is 1. The highest BCUT2D eigenvalue weighted by Crippen LogP contribution is 2.38. The Morgan fingerprint density at radius 1 is 1.19 bits per heavy atom. The van der Waals surface area contributed by atoms with Gasteiger partial charge in [-0.05, 0) is 25.1 Å². The highest BCUT2D eigenvalue weighted by molar-refractivity contribution is 5.95. The van der Waals surface area contributed by atoms with Gasteiger partial charge in [-0.1, -0.05) is 30.3 Å². The summed E-state index contributed by atoms with van der Waals surface area (Å²) in [5.74, 6) is 0.187. The molecular weight excluding hydrogens is 332 g/mol. The van der Waals surface area contributed by atoms with Crippen molar-refractivity contribution in [1.29, 1.82) is 0 Å². The standard InChI is InChI=1S/C19H20N4O3/c1-3-23-15-10-6-4-8-13(15)18(19(23)25)22-21-17(24)12-20-14-9-5-7-11-16(14)26-2/h4-11,20,25H,3,12H2,1-2H3. The summed E-state index contributed by atoms with van der Waals surface area (Å²) in [4.78, 5) is 12.1. The second kappa shape index (κ2) is 7.69. The number of benzene rings is 2. The van der Waals surface area contributed by atoms with Gasteiger partial charge in [-0.25, -0.2) is 0 Å². The van der Waals surface area contributed by atoms with Crippen LogP contribution in [0.2, 0.25) is 0 Å². The predicted octanol–water partition coefficient (Wildman–Crippen LogP) is 4.10. The van der Waals surface area contributed by atoms with Crippen LogP contribution < -0.4 is 10.1 Å². The van der Waals surface area contributed by atoms with E-state index in [0.29, 0.717) is 23.7 Å². The van der Waals surface area contributed by atoms with Crippen LogP contribution in [-0.4, -0.2) is 29.2 Å². The Morgan fingerprint density at radius 2 is 1.92 bits per heavy atom. The number of aryl methyl sites for hydroxylation is 1. The van der Waals surface area contributed by atoms with E-state index in [2.05, 4.69) is 15.5 Å². The Hall–Kier alpha value is -3.35. The molecule has 0 radical (unpaired) electrons. The minimum atomic E-state index is -0.455. The number of carbonyl (C=O) groups excluding carboxylic acids is 1. The van der Waals surface area contributed by atoms with Crippen molar-refractivity contribution in [2.45, 2.75) is 13.5 Å². The molecule has 134 valence electrons. The van der Waals surface area contributed by atoms with E-state index in [1.54, 1.807) is 17.7 Å². The number of ether oxygens (including phenoxy) is 1. The molecule has 1 amide bonds. The number of hydrogen-bond acceptors (Lipinski definition) is 5. The molecule has 0 unspecified atom stereocenters. The van der Waals surface area contributed by atoms with Crippen molar-refractivity contribution >= 4 is 28.2 Å². The van der Waals surface area contributed by atoms with Gasteiger partial charge in [0.1, 0.15) is 5.75 Å². The van der Waals surface area contributed by atoms with Crippen molar-refractivity contribution in [2.75, 3.05) is 19.0 Å². The van der Waals surface area contributed by atoms with Crippen molar-refractivity contribution in [1.82, 2.24) is 4.57 Å². The SMILES string of the molecule is CCn1c(O)c(N=NC(=O)CNc2ccccc2OC)c2ccccc21. The zero-order chi connectivity index (χ0) is 18.5. The van der Waals surface area contributed by atoms with Crippen LogP contribution in [0.1, 0.15) is 6.92 Å². The zero-order valence-corrected chi connectivity index (χ0v) is 14.6. The number of nitrogens with zero attached hydrogens (tertiary/aromatic N) is 3. The van der Waals surface area contributed by atoms with Gasteiger partial charge in [0.05, 0.1) is 24.9 Å². The van der Waals surface area contributed by atoms with Crippen LogP contribution in [0, 0.1) is 0 Å². The number of anilines is 1. The molecule has 2 aromatic carbocycles. The molecule has 7 nitrogen and oxygen atoms in total. The number of aromatic nitrogens is 1. The van der Waals surface area contributed by atoms with Gasteiger partial charge in [-0.15, -0.1) is 10.2 Å². The Bertz CT molecular complexity index is 963. The second-order valence-electron chi connectivity index (χ2n) is 5.58. The van der Waals surface area contributed by atoms with E-state index in [1.807, 2.05) is 49.4 Å². The third-order valence-corrected chi connectivity index (χ3v) is 4.03. The molecule has 0 saturated carbocycles. The van der Waals surface area contributed by atoms with E-state index in [9.17, 15) is 9.90 Å².